The molecule has 1 aromatic carbocycles. The first-order valence-corrected chi connectivity index (χ1v) is 9.76. The van der Waals surface area contributed by atoms with E-state index in [2.05, 4.69) is 10.6 Å². The Morgan fingerprint density at radius 3 is 2.22 bits per heavy atom. The molecule has 1 atom stereocenters. The van der Waals surface area contributed by atoms with Crippen molar-refractivity contribution in [2.75, 3.05) is 31.1 Å². The van der Waals surface area contributed by atoms with Crippen LogP contribution in [-0.4, -0.2) is 38.0 Å². The van der Waals surface area contributed by atoms with Gasteiger partial charge in [-0.1, -0.05) is 0 Å². The van der Waals surface area contributed by atoms with Gasteiger partial charge in [0, 0.05) is 30.8 Å². The maximum atomic E-state index is 14.7. The molecule has 7 heteroatoms. The predicted molar refractivity (Wildman–Crippen MR) is 97.5 cm³/mol. The highest BCUT2D eigenvalue weighted by atomic mass is 19.1. The number of rotatable bonds is 2. The molecule has 0 aliphatic carbocycles. The van der Waals surface area contributed by atoms with Gasteiger partial charge in [0.2, 0.25) is 11.8 Å². The van der Waals surface area contributed by atoms with Gasteiger partial charge in [-0.2, -0.15) is 0 Å². The summed E-state index contributed by atoms with van der Waals surface area (Å²) < 4.78 is 29.5. The van der Waals surface area contributed by atoms with E-state index in [0.717, 1.165) is 51.9 Å². The molecule has 2 amide bonds. The molecule has 146 valence electrons. The van der Waals surface area contributed by atoms with Crippen molar-refractivity contribution in [3.05, 3.63) is 29.3 Å². The van der Waals surface area contributed by atoms with Crippen molar-refractivity contribution in [1.82, 2.24) is 10.6 Å². The molecular weight excluding hydrogens is 352 g/mol. The molecule has 0 saturated carbocycles. The van der Waals surface area contributed by atoms with E-state index >= 15 is 0 Å². The number of nitrogens with zero attached hydrogens (tertiary/aromatic N) is 1. The normalized spacial score (nSPS) is 25.6. The second-order valence-corrected chi connectivity index (χ2v) is 8.06. The number of amides is 2. The Labute approximate surface area is 157 Å². The van der Waals surface area contributed by atoms with E-state index in [1.807, 2.05) is 4.90 Å². The number of imide groups is 1. The van der Waals surface area contributed by atoms with Crippen LogP contribution in [0, 0.1) is 17.0 Å². The number of halogens is 2. The maximum absolute atomic E-state index is 14.7. The number of carbonyl (C=O) groups is 2. The third kappa shape index (κ3) is 3.57. The first-order valence-electron chi connectivity index (χ1n) is 9.76. The van der Waals surface area contributed by atoms with Crippen LogP contribution in [0.2, 0.25) is 0 Å². The van der Waals surface area contributed by atoms with E-state index < -0.39 is 29.4 Å². The topological polar surface area (TPSA) is 61.4 Å². The highest BCUT2D eigenvalue weighted by molar-refractivity contribution is 6.01. The van der Waals surface area contributed by atoms with E-state index in [0.29, 0.717) is 11.1 Å². The van der Waals surface area contributed by atoms with Crippen LogP contribution >= 0.6 is 0 Å². The van der Waals surface area contributed by atoms with E-state index in [-0.39, 0.29) is 18.4 Å². The molecule has 4 rings (SSSR count). The average molecular weight is 377 g/mol. The number of anilines is 1. The fourth-order valence-electron chi connectivity index (χ4n) is 4.75. The fourth-order valence-corrected chi connectivity index (χ4v) is 4.75. The third-order valence-corrected chi connectivity index (χ3v) is 6.50. The lowest BCUT2D eigenvalue weighted by molar-refractivity contribution is -0.134. The van der Waals surface area contributed by atoms with Crippen LogP contribution in [-0.2, 0) is 9.59 Å². The standard InChI is InChI=1S/C20H25F2N3O2/c21-15-11-13(25-9-5-20(6-10-25)3-7-23-8-4-20)12-16(22)18(15)14-1-2-17(26)24-19(14)27/h11-12,14,23H,1-10H2,(H,24,26,27). The van der Waals surface area contributed by atoms with Crippen molar-refractivity contribution >= 4 is 17.5 Å². The average Bonchev–Trinajstić information content (AvgIpc) is 2.64. The van der Waals surface area contributed by atoms with Gasteiger partial charge in [0.25, 0.3) is 0 Å². The van der Waals surface area contributed by atoms with Crippen LogP contribution in [0.5, 0.6) is 0 Å². The van der Waals surface area contributed by atoms with Crippen LogP contribution in [0.3, 0.4) is 0 Å². The van der Waals surface area contributed by atoms with Gasteiger partial charge in [-0.05, 0) is 62.7 Å². The summed E-state index contributed by atoms with van der Waals surface area (Å²) in [6.45, 7) is 3.67. The molecule has 3 aliphatic heterocycles. The number of hydrogen-bond donors (Lipinski definition) is 2. The van der Waals surface area contributed by atoms with Gasteiger partial charge < -0.3 is 10.2 Å². The van der Waals surface area contributed by atoms with E-state index in [1.165, 1.54) is 12.1 Å². The highest BCUT2D eigenvalue weighted by Crippen LogP contribution is 2.41. The van der Waals surface area contributed by atoms with Gasteiger partial charge in [0.05, 0.1) is 5.92 Å². The predicted octanol–water partition coefficient (Wildman–Crippen LogP) is 2.46. The Bertz CT molecular complexity index is 729. The SMILES string of the molecule is O=C1CCC(c2c(F)cc(N3CCC4(CCNCC4)CC3)cc2F)C(=O)N1. The summed E-state index contributed by atoms with van der Waals surface area (Å²) in [5, 5.41) is 5.56. The van der Waals surface area contributed by atoms with Crippen LogP contribution in [0.25, 0.3) is 0 Å². The van der Waals surface area contributed by atoms with Crippen molar-refractivity contribution < 1.29 is 18.4 Å². The van der Waals surface area contributed by atoms with E-state index in [1.54, 1.807) is 0 Å². The van der Waals surface area contributed by atoms with Gasteiger partial charge in [0.1, 0.15) is 11.6 Å². The summed E-state index contributed by atoms with van der Waals surface area (Å²) in [6.07, 6.45) is 4.63. The summed E-state index contributed by atoms with van der Waals surface area (Å²) in [5.41, 5.74) is 0.673. The Hall–Kier alpha value is -2.02. The molecule has 1 aromatic rings. The van der Waals surface area contributed by atoms with Crippen molar-refractivity contribution in [2.45, 2.75) is 44.4 Å². The quantitative estimate of drug-likeness (QED) is 0.778. The minimum atomic E-state index is -0.948. The van der Waals surface area contributed by atoms with Crippen molar-refractivity contribution in [2.24, 2.45) is 5.41 Å². The third-order valence-electron chi connectivity index (χ3n) is 6.50. The monoisotopic (exact) mass is 377 g/mol. The smallest absolute Gasteiger partial charge is 0.234 e. The number of hydrogen-bond acceptors (Lipinski definition) is 4. The zero-order valence-corrected chi connectivity index (χ0v) is 15.3. The lowest BCUT2D eigenvalue weighted by Gasteiger charge is -2.45. The minimum absolute atomic E-state index is 0.0973. The molecule has 3 heterocycles. The number of nitrogens with one attached hydrogen (secondary N) is 2. The highest BCUT2D eigenvalue weighted by Gasteiger charge is 2.37. The molecule has 27 heavy (non-hydrogen) atoms. The second-order valence-electron chi connectivity index (χ2n) is 8.06. The summed E-state index contributed by atoms with van der Waals surface area (Å²) in [6, 6.07) is 2.67. The molecule has 2 N–H and O–H groups in total. The van der Waals surface area contributed by atoms with E-state index in [4.69, 9.17) is 0 Å². The molecule has 5 nitrogen and oxygen atoms in total. The number of piperidine rings is 3. The van der Waals surface area contributed by atoms with Crippen LogP contribution in [0.15, 0.2) is 12.1 Å². The zero-order valence-electron chi connectivity index (χ0n) is 15.3. The molecule has 3 fully saturated rings. The van der Waals surface area contributed by atoms with Crippen molar-refractivity contribution in [3.63, 3.8) is 0 Å². The molecule has 0 radical (unpaired) electrons. The summed E-state index contributed by atoms with van der Waals surface area (Å²) in [4.78, 5) is 25.3. The molecule has 0 aromatic heterocycles. The Morgan fingerprint density at radius 1 is 1.00 bits per heavy atom. The first kappa shape index (κ1) is 18.3. The maximum Gasteiger partial charge on any atom is 0.234 e. The number of benzene rings is 1. The van der Waals surface area contributed by atoms with Crippen LogP contribution in [0.1, 0.15) is 50.0 Å². The molecule has 1 unspecified atom stereocenters. The molecule has 3 saturated heterocycles. The van der Waals surface area contributed by atoms with Crippen molar-refractivity contribution in [3.8, 4) is 0 Å². The fraction of sp³-hybridized carbons (Fsp3) is 0.600. The Morgan fingerprint density at radius 2 is 1.63 bits per heavy atom. The summed E-state index contributed by atoms with van der Waals surface area (Å²) in [5.74, 6) is -3.38. The van der Waals surface area contributed by atoms with Gasteiger partial charge in [0.15, 0.2) is 0 Å². The molecule has 0 bridgehead atoms. The summed E-state index contributed by atoms with van der Waals surface area (Å²) in [7, 11) is 0. The zero-order chi connectivity index (χ0) is 19.0. The molecule has 3 aliphatic rings. The van der Waals surface area contributed by atoms with Gasteiger partial charge in [-0.15, -0.1) is 0 Å². The Balaban J connectivity index is 1.51. The number of carbonyl (C=O) groups excluding carboxylic acids is 2. The van der Waals surface area contributed by atoms with E-state index in [9.17, 15) is 18.4 Å². The first-order chi connectivity index (χ1) is 13.0. The molecule has 1 spiro atoms. The van der Waals surface area contributed by atoms with Gasteiger partial charge in [-0.25, -0.2) is 8.78 Å². The van der Waals surface area contributed by atoms with Gasteiger partial charge in [-0.3, -0.25) is 14.9 Å². The largest absolute Gasteiger partial charge is 0.371 e. The minimum Gasteiger partial charge on any atom is -0.371 e. The second kappa shape index (κ2) is 7.19. The Kier molecular flexibility index (Phi) is 4.88. The lowest BCUT2D eigenvalue weighted by atomic mass is 9.71. The van der Waals surface area contributed by atoms with Crippen LogP contribution < -0.4 is 15.5 Å². The summed E-state index contributed by atoms with van der Waals surface area (Å²) >= 11 is 0. The molecular formula is C20H25F2N3O2. The lowest BCUT2D eigenvalue weighted by Crippen LogP contribution is -2.45. The van der Waals surface area contributed by atoms with Gasteiger partial charge >= 0.3 is 0 Å². The van der Waals surface area contributed by atoms with Crippen LogP contribution in [0.4, 0.5) is 14.5 Å². The van der Waals surface area contributed by atoms with Crippen molar-refractivity contribution in [1.29, 1.82) is 0 Å².